The van der Waals surface area contributed by atoms with E-state index in [1.54, 1.807) is 0 Å². The number of Topliss-reactive ketones (excluding diaryl/α,β-unsaturated/α-hetero) is 1. The highest BCUT2D eigenvalue weighted by Crippen LogP contribution is 2.13. The molecule has 1 rings (SSSR count). The predicted octanol–water partition coefficient (Wildman–Crippen LogP) is 2.98. The van der Waals surface area contributed by atoms with Gasteiger partial charge in [0, 0.05) is 21.1 Å². The Morgan fingerprint density at radius 2 is 1.71 bits per heavy atom. The van der Waals surface area contributed by atoms with Gasteiger partial charge in [0.25, 0.3) is 0 Å². The van der Waals surface area contributed by atoms with Crippen LogP contribution in [0.1, 0.15) is 43.6 Å². The van der Waals surface area contributed by atoms with Crippen molar-refractivity contribution in [1.29, 1.82) is 0 Å². The van der Waals surface area contributed by atoms with Crippen LogP contribution in [0.2, 0.25) is 0 Å². The van der Waals surface area contributed by atoms with Gasteiger partial charge >= 0.3 is 0 Å². The van der Waals surface area contributed by atoms with E-state index in [1.165, 1.54) is 5.56 Å². The van der Waals surface area contributed by atoms with Gasteiger partial charge in [-0.15, -0.1) is 0 Å². The van der Waals surface area contributed by atoms with Crippen LogP contribution in [-0.4, -0.2) is 20.5 Å². The van der Waals surface area contributed by atoms with Gasteiger partial charge in [0.1, 0.15) is 0 Å². The van der Waals surface area contributed by atoms with Crippen molar-refractivity contribution >= 4 is 16.6 Å². The SMILES string of the molecule is CCc1ccc(C(=O)CS(=O)C(C)(C)C)cc1. The van der Waals surface area contributed by atoms with E-state index in [-0.39, 0.29) is 16.3 Å². The number of hydrogen-bond acceptors (Lipinski definition) is 2. The van der Waals surface area contributed by atoms with Crippen LogP contribution >= 0.6 is 0 Å². The molecule has 0 spiro atoms. The van der Waals surface area contributed by atoms with Crippen LogP contribution in [0.5, 0.6) is 0 Å². The zero-order chi connectivity index (χ0) is 13.1. The van der Waals surface area contributed by atoms with E-state index >= 15 is 0 Å². The second kappa shape index (κ2) is 5.58. The summed E-state index contributed by atoms with van der Waals surface area (Å²) in [4.78, 5) is 11.9. The van der Waals surface area contributed by atoms with Crippen molar-refractivity contribution in [2.24, 2.45) is 0 Å². The molecule has 0 heterocycles. The fourth-order valence-electron chi connectivity index (χ4n) is 1.35. The Labute approximate surface area is 106 Å². The molecule has 0 aliphatic rings. The molecule has 1 atom stereocenters. The lowest BCUT2D eigenvalue weighted by Gasteiger charge is -2.16. The van der Waals surface area contributed by atoms with E-state index < -0.39 is 10.8 Å². The fraction of sp³-hybridized carbons (Fsp3) is 0.500. The molecular weight excluding hydrogens is 232 g/mol. The molecule has 1 aromatic carbocycles. The second-order valence-electron chi connectivity index (χ2n) is 5.08. The van der Waals surface area contributed by atoms with Crippen LogP contribution in [0.15, 0.2) is 24.3 Å². The topological polar surface area (TPSA) is 34.1 Å². The first-order valence-corrected chi connectivity index (χ1v) is 7.17. The van der Waals surface area contributed by atoms with E-state index in [9.17, 15) is 9.00 Å². The number of rotatable bonds is 4. The largest absolute Gasteiger partial charge is 0.293 e. The van der Waals surface area contributed by atoms with Gasteiger partial charge in [0.2, 0.25) is 0 Å². The molecular formula is C14H20O2S. The fourth-order valence-corrected chi connectivity index (χ4v) is 2.18. The molecule has 94 valence electrons. The van der Waals surface area contributed by atoms with Gasteiger partial charge in [-0.25, -0.2) is 0 Å². The van der Waals surface area contributed by atoms with Crippen molar-refractivity contribution in [3.8, 4) is 0 Å². The minimum Gasteiger partial charge on any atom is -0.293 e. The van der Waals surface area contributed by atoms with Crippen molar-refractivity contribution in [3.63, 3.8) is 0 Å². The standard InChI is InChI=1S/C14H20O2S/c1-5-11-6-8-12(9-7-11)13(15)10-17(16)14(2,3)4/h6-9H,5,10H2,1-4H3. The molecule has 1 unspecified atom stereocenters. The van der Waals surface area contributed by atoms with Gasteiger partial charge < -0.3 is 0 Å². The predicted molar refractivity (Wildman–Crippen MR) is 72.9 cm³/mol. The van der Waals surface area contributed by atoms with Crippen LogP contribution in [0, 0.1) is 0 Å². The lowest BCUT2D eigenvalue weighted by molar-refractivity contribution is 0.102. The molecule has 0 amide bonds. The summed E-state index contributed by atoms with van der Waals surface area (Å²) in [7, 11) is -1.12. The minimum atomic E-state index is -1.12. The maximum absolute atomic E-state index is 11.9. The first-order chi connectivity index (χ1) is 7.84. The van der Waals surface area contributed by atoms with Crippen molar-refractivity contribution in [2.75, 3.05) is 5.75 Å². The third-order valence-corrected chi connectivity index (χ3v) is 4.52. The third kappa shape index (κ3) is 4.08. The van der Waals surface area contributed by atoms with Crippen LogP contribution in [-0.2, 0) is 17.2 Å². The van der Waals surface area contributed by atoms with E-state index in [4.69, 9.17) is 0 Å². The molecule has 0 saturated carbocycles. The third-order valence-electron chi connectivity index (χ3n) is 2.63. The molecule has 3 heteroatoms. The summed E-state index contributed by atoms with van der Waals surface area (Å²) in [6.45, 7) is 7.73. The zero-order valence-corrected chi connectivity index (χ0v) is 11.8. The molecule has 0 bridgehead atoms. The lowest BCUT2D eigenvalue weighted by Crippen LogP contribution is -2.27. The second-order valence-corrected chi connectivity index (χ2v) is 7.28. The molecule has 17 heavy (non-hydrogen) atoms. The highest BCUT2D eigenvalue weighted by Gasteiger charge is 2.22. The first kappa shape index (κ1) is 14.1. The van der Waals surface area contributed by atoms with Crippen molar-refractivity contribution in [2.45, 2.75) is 38.9 Å². The van der Waals surface area contributed by atoms with Crippen LogP contribution in [0.3, 0.4) is 0 Å². The maximum Gasteiger partial charge on any atom is 0.175 e. The van der Waals surface area contributed by atoms with Gasteiger partial charge in [-0.2, -0.15) is 0 Å². The Morgan fingerprint density at radius 1 is 1.18 bits per heavy atom. The van der Waals surface area contributed by atoms with Crippen molar-refractivity contribution < 1.29 is 9.00 Å². The van der Waals surface area contributed by atoms with Gasteiger partial charge in [0.15, 0.2) is 5.78 Å². The average Bonchev–Trinajstić information content (AvgIpc) is 2.27. The Morgan fingerprint density at radius 3 is 2.12 bits per heavy atom. The number of hydrogen-bond donors (Lipinski definition) is 0. The molecule has 0 aliphatic heterocycles. The Balaban J connectivity index is 2.73. The number of benzene rings is 1. The van der Waals surface area contributed by atoms with Gasteiger partial charge in [0.05, 0.1) is 5.75 Å². The average molecular weight is 252 g/mol. The molecule has 0 N–H and O–H groups in total. The summed E-state index contributed by atoms with van der Waals surface area (Å²) >= 11 is 0. The highest BCUT2D eigenvalue weighted by atomic mass is 32.2. The van der Waals surface area contributed by atoms with Crippen molar-refractivity contribution in [1.82, 2.24) is 0 Å². The van der Waals surface area contributed by atoms with Gasteiger partial charge in [-0.3, -0.25) is 9.00 Å². The molecule has 0 aromatic heterocycles. The lowest BCUT2D eigenvalue weighted by atomic mass is 10.1. The smallest absolute Gasteiger partial charge is 0.175 e. The number of ketones is 1. The normalized spacial score (nSPS) is 13.4. The quantitative estimate of drug-likeness (QED) is 0.772. The molecule has 1 aromatic rings. The molecule has 0 fully saturated rings. The van der Waals surface area contributed by atoms with Crippen molar-refractivity contribution in [3.05, 3.63) is 35.4 Å². The van der Waals surface area contributed by atoms with Crippen LogP contribution < -0.4 is 0 Å². The van der Waals surface area contributed by atoms with Crippen LogP contribution in [0.25, 0.3) is 0 Å². The van der Waals surface area contributed by atoms with E-state index in [0.717, 1.165) is 6.42 Å². The summed E-state index contributed by atoms with van der Waals surface area (Å²) < 4.78 is 11.5. The molecule has 0 aliphatic carbocycles. The minimum absolute atomic E-state index is 0.0408. The summed E-state index contributed by atoms with van der Waals surface area (Å²) in [6, 6.07) is 7.54. The Hall–Kier alpha value is -0.960. The van der Waals surface area contributed by atoms with E-state index in [0.29, 0.717) is 5.56 Å². The summed E-state index contributed by atoms with van der Waals surface area (Å²) in [5.41, 5.74) is 1.86. The molecule has 0 saturated heterocycles. The monoisotopic (exact) mass is 252 g/mol. The summed E-state index contributed by atoms with van der Waals surface area (Å²) in [6.07, 6.45) is 0.961. The van der Waals surface area contributed by atoms with E-state index in [2.05, 4.69) is 6.92 Å². The Bertz CT molecular complexity index is 413. The van der Waals surface area contributed by atoms with E-state index in [1.807, 2.05) is 45.0 Å². The van der Waals surface area contributed by atoms with Gasteiger partial charge in [-0.1, -0.05) is 31.2 Å². The number of aryl methyl sites for hydroxylation is 1. The first-order valence-electron chi connectivity index (χ1n) is 5.85. The molecule has 0 radical (unpaired) electrons. The summed E-state index contributed by atoms with van der Waals surface area (Å²) in [5, 5.41) is 0. The van der Waals surface area contributed by atoms with Crippen LogP contribution in [0.4, 0.5) is 0 Å². The Kier molecular flexibility index (Phi) is 4.63. The summed E-state index contributed by atoms with van der Waals surface area (Å²) in [5.74, 6) is 0.0653. The zero-order valence-electron chi connectivity index (χ0n) is 10.9. The maximum atomic E-state index is 11.9. The highest BCUT2D eigenvalue weighted by molar-refractivity contribution is 7.87. The number of carbonyl (C=O) groups excluding carboxylic acids is 1. The van der Waals surface area contributed by atoms with Gasteiger partial charge in [-0.05, 0) is 32.8 Å². The molecule has 2 nitrogen and oxygen atoms in total. The number of carbonyl (C=O) groups is 1.